The van der Waals surface area contributed by atoms with Gasteiger partial charge in [-0.05, 0) is 35.9 Å². The fraction of sp³-hybridized carbons (Fsp3) is 0.222. The van der Waals surface area contributed by atoms with E-state index in [0.717, 1.165) is 0 Å². The summed E-state index contributed by atoms with van der Waals surface area (Å²) in [6.45, 7) is 0. The van der Waals surface area contributed by atoms with Crippen LogP contribution in [0.15, 0.2) is 36.4 Å². The van der Waals surface area contributed by atoms with Gasteiger partial charge in [0.25, 0.3) is 5.91 Å². The standard InChI is InChI=1S/C18H11Cl2F6NO3/c19-12-2-1-3-13(20)11(12)7-14(16(29)30)27-15(28)8-4-9(17(21,22)23)6-10(5-8)18(24,25)26/h1-6,14H,7H2,(H,27,28)(H,29,30)/t14-/m1/s1. The van der Waals surface area contributed by atoms with Crippen LogP contribution in [0.3, 0.4) is 0 Å². The monoisotopic (exact) mass is 473 g/mol. The van der Waals surface area contributed by atoms with Crippen molar-refractivity contribution < 1.29 is 41.0 Å². The van der Waals surface area contributed by atoms with Crippen molar-refractivity contribution in [2.45, 2.75) is 24.8 Å². The number of hydrogen-bond donors (Lipinski definition) is 2. The number of carbonyl (C=O) groups excluding carboxylic acids is 1. The summed E-state index contributed by atoms with van der Waals surface area (Å²) in [5.74, 6) is -3.04. The molecule has 0 aliphatic heterocycles. The SMILES string of the molecule is O=C(N[C@H](Cc1c(Cl)cccc1Cl)C(=O)O)c1cc(C(F)(F)F)cc(C(F)(F)F)c1. The Morgan fingerprint density at radius 3 is 1.80 bits per heavy atom. The van der Waals surface area contributed by atoms with E-state index < -0.39 is 53.4 Å². The summed E-state index contributed by atoms with van der Waals surface area (Å²) >= 11 is 11.9. The fourth-order valence-corrected chi connectivity index (χ4v) is 3.01. The van der Waals surface area contributed by atoms with Gasteiger partial charge in [-0.1, -0.05) is 29.3 Å². The van der Waals surface area contributed by atoms with Crippen LogP contribution in [0.25, 0.3) is 0 Å². The first-order valence-corrected chi connectivity index (χ1v) is 8.71. The molecule has 0 heterocycles. The second kappa shape index (κ2) is 8.73. The van der Waals surface area contributed by atoms with E-state index in [1.54, 1.807) is 0 Å². The molecular formula is C18H11Cl2F6NO3. The van der Waals surface area contributed by atoms with Gasteiger partial charge in [0, 0.05) is 22.0 Å². The number of carboxylic acids is 1. The maximum atomic E-state index is 12.9. The molecular weight excluding hydrogens is 463 g/mol. The van der Waals surface area contributed by atoms with Crippen molar-refractivity contribution in [3.63, 3.8) is 0 Å². The molecule has 0 saturated heterocycles. The highest BCUT2D eigenvalue weighted by molar-refractivity contribution is 6.36. The van der Waals surface area contributed by atoms with Crippen molar-refractivity contribution in [1.82, 2.24) is 5.32 Å². The topological polar surface area (TPSA) is 66.4 Å². The molecule has 0 spiro atoms. The Balaban J connectivity index is 2.39. The molecule has 0 aliphatic carbocycles. The average molecular weight is 474 g/mol. The number of amides is 1. The molecule has 12 heteroatoms. The first kappa shape index (κ1) is 23.8. The summed E-state index contributed by atoms with van der Waals surface area (Å²) in [5, 5.41) is 11.4. The minimum Gasteiger partial charge on any atom is -0.480 e. The molecule has 162 valence electrons. The molecule has 0 fully saturated rings. The summed E-state index contributed by atoms with van der Waals surface area (Å²) in [7, 11) is 0. The molecule has 0 bridgehead atoms. The molecule has 30 heavy (non-hydrogen) atoms. The van der Waals surface area contributed by atoms with Gasteiger partial charge in [-0.2, -0.15) is 26.3 Å². The van der Waals surface area contributed by atoms with Crippen molar-refractivity contribution in [3.05, 3.63) is 68.7 Å². The zero-order valence-corrected chi connectivity index (χ0v) is 16.0. The lowest BCUT2D eigenvalue weighted by atomic mass is 10.0. The first-order chi connectivity index (χ1) is 13.7. The summed E-state index contributed by atoms with van der Waals surface area (Å²) in [6.07, 6.45) is -10.8. The van der Waals surface area contributed by atoms with Gasteiger partial charge in [0.05, 0.1) is 11.1 Å². The van der Waals surface area contributed by atoms with Crippen molar-refractivity contribution in [2.75, 3.05) is 0 Å². The normalized spacial score (nSPS) is 13.1. The predicted molar refractivity (Wildman–Crippen MR) is 95.5 cm³/mol. The number of nitrogens with one attached hydrogen (secondary N) is 1. The Bertz CT molecular complexity index is 923. The largest absolute Gasteiger partial charge is 0.480 e. The number of hydrogen-bond acceptors (Lipinski definition) is 2. The van der Waals surface area contributed by atoms with Crippen LogP contribution in [0.1, 0.15) is 27.0 Å². The number of aliphatic carboxylic acids is 1. The number of benzene rings is 2. The molecule has 0 unspecified atom stereocenters. The smallest absolute Gasteiger partial charge is 0.416 e. The molecule has 4 nitrogen and oxygen atoms in total. The quantitative estimate of drug-likeness (QED) is 0.567. The van der Waals surface area contributed by atoms with Crippen molar-refractivity contribution >= 4 is 35.1 Å². The lowest BCUT2D eigenvalue weighted by molar-refractivity contribution is -0.143. The van der Waals surface area contributed by atoms with Gasteiger partial charge < -0.3 is 10.4 Å². The van der Waals surface area contributed by atoms with Gasteiger partial charge in [0.15, 0.2) is 0 Å². The maximum absolute atomic E-state index is 12.9. The second-order valence-corrected chi connectivity index (χ2v) is 6.88. The molecule has 0 radical (unpaired) electrons. The Morgan fingerprint density at radius 1 is 0.933 bits per heavy atom. The van der Waals surface area contributed by atoms with Crippen LogP contribution in [-0.4, -0.2) is 23.0 Å². The van der Waals surface area contributed by atoms with Crippen LogP contribution in [0, 0.1) is 0 Å². The average Bonchev–Trinajstić information content (AvgIpc) is 2.61. The number of halogens is 8. The maximum Gasteiger partial charge on any atom is 0.416 e. The van der Waals surface area contributed by atoms with Crippen LogP contribution in [0.5, 0.6) is 0 Å². The van der Waals surface area contributed by atoms with Crippen molar-refractivity contribution in [2.24, 2.45) is 0 Å². The van der Waals surface area contributed by atoms with Gasteiger partial charge in [-0.25, -0.2) is 4.79 Å². The van der Waals surface area contributed by atoms with Crippen LogP contribution in [0.2, 0.25) is 10.0 Å². The number of carbonyl (C=O) groups is 2. The van der Waals surface area contributed by atoms with E-state index in [9.17, 15) is 41.0 Å². The van der Waals surface area contributed by atoms with E-state index in [1.807, 2.05) is 5.32 Å². The van der Waals surface area contributed by atoms with Crippen LogP contribution < -0.4 is 5.32 Å². The van der Waals surface area contributed by atoms with E-state index in [2.05, 4.69) is 0 Å². The van der Waals surface area contributed by atoms with Gasteiger partial charge in [0.1, 0.15) is 6.04 Å². The van der Waals surface area contributed by atoms with Gasteiger partial charge in [-0.3, -0.25) is 4.79 Å². The lowest BCUT2D eigenvalue weighted by Gasteiger charge is -2.18. The fourth-order valence-electron chi connectivity index (χ4n) is 2.46. The Morgan fingerprint density at radius 2 is 1.40 bits per heavy atom. The summed E-state index contributed by atoms with van der Waals surface area (Å²) in [4.78, 5) is 23.8. The molecule has 2 rings (SSSR count). The third kappa shape index (κ3) is 5.79. The molecule has 2 aromatic rings. The highest BCUT2D eigenvalue weighted by atomic mass is 35.5. The molecule has 1 amide bonds. The highest BCUT2D eigenvalue weighted by Gasteiger charge is 2.37. The number of carboxylic acid groups (broad SMARTS) is 1. The third-order valence-electron chi connectivity index (χ3n) is 3.92. The van der Waals surface area contributed by atoms with Crippen LogP contribution in [0.4, 0.5) is 26.3 Å². The van der Waals surface area contributed by atoms with Gasteiger partial charge in [0.2, 0.25) is 0 Å². The predicted octanol–water partition coefficient (Wildman–Crippen LogP) is 5.46. The molecule has 0 aliphatic rings. The Hall–Kier alpha value is -2.46. The minimum absolute atomic E-state index is 0.0708. The Kier molecular flexibility index (Phi) is 6.93. The van der Waals surface area contributed by atoms with Crippen LogP contribution in [-0.2, 0) is 23.6 Å². The first-order valence-electron chi connectivity index (χ1n) is 7.96. The van der Waals surface area contributed by atoms with Crippen molar-refractivity contribution in [3.8, 4) is 0 Å². The number of rotatable bonds is 5. The Labute approximate surface area is 175 Å². The zero-order valence-electron chi connectivity index (χ0n) is 14.5. The van der Waals surface area contributed by atoms with Gasteiger partial charge in [-0.15, -0.1) is 0 Å². The lowest BCUT2D eigenvalue weighted by Crippen LogP contribution is -2.42. The molecule has 2 N–H and O–H groups in total. The van der Waals surface area contributed by atoms with E-state index in [1.165, 1.54) is 18.2 Å². The third-order valence-corrected chi connectivity index (χ3v) is 4.63. The molecule has 0 saturated carbocycles. The highest BCUT2D eigenvalue weighted by Crippen LogP contribution is 2.36. The van der Waals surface area contributed by atoms with E-state index in [4.69, 9.17) is 23.2 Å². The van der Waals surface area contributed by atoms with E-state index in [-0.39, 0.29) is 33.8 Å². The zero-order chi connectivity index (χ0) is 22.9. The van der Waals surface area contributed by atoms with Crippen molar-refractivity contribution in [1.29, 1.82) is 0 Å². The molecule has 2 aromatic carbocycles. The van der Waals surface area contributed by atoms with Crippen LogP contribution >= 0.6 is 23.2 Å². The minimum atomic E-state index is -5.16. The van der Waals surface area contributed by atoms with Gasteiger partial charge >= 0.3 is 18.3 Å². The summed E-state index contributed by atoms with van der Waals surface area (Å²) in [5.41, 5.74) is -4.28. The molecule has 0 aromatic heterocycles. The van der Waals surface area contributed by atoms with E-state index >= 15 is 0 Å². The molecule has 1 atom stereocenters. The van der Waals surface area contributed by atoms with E-state index in [0.29, 0.717) is 0 Å². The summed E-state index contributed by atoms with van der Waals surface area (Å²) < 4.78 is 77.7. The number of alkyl halides is 6. The second-order valence-electron chi connectivity index (χ2n) is 6.06. The summed E-state index contributed by atoms with van der Waals surface area (Å²) in [6, 6.07) is 2.80.